The number of anilines is 1. The molecule has 2 N–H and O–H groups in total. The molecule has 1 rings (SSSR count). The molecule has 0 aliphatic rings. The molecule has 1 unspecified atom stereocenters. The van der Waals surface area contributed by atoms with E-state index < -0.39 is 10.0 Å². The Balaban J connectivity index is 3.20. The highest BCUT2D eigenvalue weighted by atomic mass is 32.2. The highest BCUT2D eigenvalue weighted by Crippen LogP contribution is 2.25. The van der Waals surface area contributed by atoms with Crippen molar-refractivity contribution in [2.24, 2.45) is 5.92 Å². The molecule has 0 amide bonds. The van der Waals surface area contributed by atoms with Crippen LogP contribution in [0.3, 0.4) is 0 Å². The van der Waals surface area contributed by atoms with Crippen LogP contribution in [0.5, 0.6) is 0 Å². The number of hydrogen-bond acceptors (Lipinski definition) is 3. The third kappa shape index (κ3) is 4.45. The van der Waals surface area contributed by atoms with Gasteiger partial charge in [0.15, 0.2) is 0 Å². The van der Waals surface area contributed by atoms with Crippen molar-refractivity contribution in [2.75, 3.05) is 11.9 Å². The highest BCUT2D eigenvalue weighted by molar-refractivity contribution is 7.89. The zero-order chi connectivity index (χ0) is 16.2. The van der Waals surface area contributed by atoms with E-state index in [4.69, 9.17) is 0 Å². The summed E-state index contributed by atoms with van der Waals surface area (Å²) >= 11 is 0. The molecule has 0 saturated heterocycles. The first-order valence-electron chi connectivity index (χ1n) is 7.60. The summed E-state index contributed by atoms with van der Waals surface area (Å²) in [6, 6.07) is 3.74. The van der Waals surface area contributed by atoms with E-state index >= 15 is 0 Å². The minimum absolute atomic E-state index is 0.0396. The van der Waals surface area contributed by atoms with Crippen LogP contribution in [0, 0.1) is 19.8 Å². The molecule has 0 radical (unpaired) electrons. The first-order valence-corrected chi connectivity index (χ1v) is 9.08. The number of hydrogen-bond donors (Lipinski definition) is 2. The van der Waals surface area contributed by atoms with Crippen LogP contribution in [0.25, 0.3) is 0 Å². The van der Waals surface area contributed by atoms with Gasteiger partial charge in [0.05, 0.1) is 4.90 Å². The fourth-order valence-corrected chi connectivity index (χ4v) is 4.55. The van der Waals surface area contributed by atoms with Crippen LogP contribution < -0.4 is 10.0 Å². The van der Waals surface area contributed by atoms with Crippen molar-refractivity contribution >= 4 is 15.7 Å². The molecule has 4 nitrogen and oxygen atoms in total. The minimum atomic E-state index is -3.49. The Morgan fingerprint density at radius 1 is 1.10 bits per heavy atom. The van der Waals surface area contributed by atoms with E-state index in [2.05, 4.69) is 10.0 Å². The van der Waals surface area contributed by atoms with Crippen LogP contribution in [0.4, 0.5) is 5.69 Å². The van der Waals surface area contributed by atoms with E-state index in [0.29, 0.717) is 4.90 Å². The molecular weight excluding hydrogens is 284 g/mol. The average molecular weight is 312 g/mol. The van der Waals surface area contributed by atoms with Gasteiger partial charge in [0.1, 0.15) is 0 Å². The zero-order valence-electron chi connectivity index (χ0n) is 13.9. The molecule has 0 saturated carbocycles. The van der Waals surface area contributed by atoms with Crippen molar-refractivity contribution in [3.63, 3.8) is 0 Å². The Morgan fingerprint density at radius 2 is 1.62 bits per heavy atom. The molecule has 0 heterocycles. The summed E-state index contributed by atoms with van der Waals surface area (Å²) in [7, 11) is -3.49. The molecule has 120 valence electrons. The predicted octanol–water partition coefficient (Wildman–Crippen LogP) is 3.45. The molecule has 0 bridgehead atoms. The van der Waals surface area contributed by atoms with E-state index in [-0.39, 0.29) is 12.0 Å². The van der Waals surface area contributed by atoms with Crippen molar-refractivity contribution in [1.82, 2.24) is 4.72 Å². The Hall–Kier alpha value is -1.07. The standard InChI is InChI=1S/C16H28N2O2S/c1-7-15(11(3)4)18-21(19,20)16-12(5)9-14(17-8-2)10-13(16)6/h9-11,15,17-18H,7-8H2,1-6H3. The Bertz CT molecular complexity index is 557. The molecule has 0 fully saturated rings. The molecule has 0 aliphatic heterocycles. The Kier molecular flexibility index (Phi) is 6.23. The van der Waals surface area contributed by atoms with E-state index in [1.54, 1.807) is 0 Å². The maximum absolute atomic E-state index is 12.7. The van der Waals surface area contributed by atoms with Crippen LogP contribution in [-0.2, 0) is 10.0 Å². The van der Waals surface area contributed by atoms with Crippen molar-refractivity contribution in [3.05, 3.63) is 23.3 Å². The minimum Gasteiger partial charge on any atom is -0.385 e. The molecule has 1 aromatic rings. The Labute approximate surface area is 129 Å². The van der Waals surface area contributed by atoms with Crippen LogP contribution >= 0.6 is 0 Å². The van der Waals surface area contributed by atoms with E-state index in [0.717, 1.165) is 29.8 Å². The van der Waals surface area contributed by atoms with Crippen molar-refractivity contribution < 1.29 is 8.42 Å². The van der Waals surface area contributed by atoms with Crippen LogP contribution in [0.1, 0.15) is 45.2 Å². The number of rotatable bonds is 7. The third-order valence-corrected chi connectivity index (χ3v) is 5.46. The molecule has 1 aromatic carbocycles. The second-order valence-electron chi connectivity index (χ2n) is 5.85. The molecule has 21 heavy (non-hydrogen) atoms. The number of nitrogens with one attached hydrogen (secondary N) is 2. The molecule has 0 aliphatic carbocycles. The smallest absolute Gasteiger partial charge is 0.241 e. The second kappa shape index (κ2) is 7.27. The largest absolute Gasteiger partial charge is 0.385 e. The van der Waals surface area contributed by atoms with E-state index in [1.807, 2.05) is 53.7 Å². The van der Waals surface area contributed by atoms with Gasteiger partial charge in [-0.05, 0) is 56.4 Å². The topological polar surface area (TPSA) is 58.2 Å². The number of benzene rings is 1. The summed E-state index contributed by atoms with van der Waals surface area (Å²) in [6.07, 6.45) is 0.782. The summed E-state index contributed by atoms with van der Waals surface area (Å²) in [6.45, 7) is 12.6. The lowest BCUT2D eigenvalue weighted by Gasteiger charge is -2.22. The molecule has 0 aromatic heterocycles. The van der Waals surface area contributed by atoms with Gasteiger partial charge in [-0.15, -0.1) is 0 Å². The maximum atomic E-state index is 12.7. The molecular formula is C16H28N2O2S. The first-order chi connectivity index (χ1) is 9.72. The fourth-order valence-electron chi connectivity index (χ4n) is 2.63. The van der Waals surface area contributed by atoms with Gasteiger partial charge >= 0.3 is 0 Å². The zero-order valence-corrected chi connectivity index (χ0v) is 14.8. The van der Waals surface area contributed by atoms with Gasteiger partial charge in [0.2, 0.25) is 10.0 Å². The van der Waals surface area contributed by atoms with Crippen molar-refractivity contribution in [1.29, 1.82) is 0 Å². The van der Waals surface area contributed by atoms with E-state index in [9.17, 15) is 8.42 Å². The Morgan fingerprint density at radius 3 is 2.00 bits per heavy atom. The second-order valence-corrected chi connectivity index (χ2v) is 7.50. The lowest BCUT2D eigenvalue weighted by Crippen LogP contribution is -2.38. The number of sulfonamides is 1. The van der Waals surface area contributed by atoms with Gasteiger partial charge in [0.25, 0.3) is 0 Å². The van der Waals surface area contributed by atoms with Gasteiger partial charge in [-0.1, -0.05) is 20.8 Å². The van der Waals surface area contributed by atoms with Gasteiger partial charge < -0.3 is 5.32 Å². The van der Waals surface area contributed by atoms with Gasteiger partial charge in [-0.25, -0.2) is 13.1 Å². The molecule has 1 atom stereocenters. The van der Waals surface area contributed by atoms with Crippen molar-refractivity contribution in [2.45, 2.75) is 58.9 Å². The third-order valence-electron chi connectivity index (χ3n) is 3.66. The molecule has 5 heteroatoms. The lowest BCUT2D eigenvalue weighted by atomic mass is 10.0. The summed E-state index contributed by atoms with van der Waals surface area (Å²) in [5.74, 6) is 0.270. The van der Waals surface area contributed by atoms with Crippen LogP contribution in [-0.4, -0.2) is 21.0 Å². The normalized spacial score (nSPS) is 13.5. The van der Waals surface area contributed by atoms with Crippen LogP contribution in [0.2, 0.25) is 0 Å². The van der Waals surface area contributed by atoms with Crippen molar-refractivity contribution in [3.8, 4) is 0 Å². The highest BCUT2D eigenvalue weighted by Gasteiger charge is 2.24. The quantitative estimate of drug-likeness (QED) is 0.811. The van der Waals surface area contributed by atoms with Crippen LogP contribution in [0.15, 0.2) is 17.0 Å². The predicted molar refractivity (Wildman–Crippen MR) is 89.3 cm³/mol. The summed E-state index contributed by atoms with van der Waals surface area (Å²) < 4.78 is 28.2. The first kappa shape index (κ1) is 18.0. The SMILES string of the molecule is CCNc1cc(C)c(S(=O)(=O)NC(CC)C(C)C)c(C)c1. The fraction of sp³-hybridized carbons (Fsp3) is 0.625. The van der Waals surface area contributed by atoms with E-state index in [1.165, 1.54) is 0 Å². The van der Waals surface area contributed by atoms with Gasteiger partial charge in [0, 0.05) is 18.3 Å². The van der Waals surface area contributed by atoms with Gasteiger partial charge in [-0.2, -0.15) is 0 Å². The molecule has 0 spiro atoms. The lowest BCUT2D eigenvalue weighted by molar-refractivity contribution is 0.437. The average Bonchev–Trinajstić information content (AvgIpc) is 2.34. The summed E-state index contributed by atoms with van der Waals surface area (Å²) in [5, 5.41) is 3.22. The number of aryl methyl sites for hydroxylation is 2. The monoisotopic (exact) mass is 312 g/mol. The maximum Gasteiger partial charge on any atom is 0.241 e. The summed E-state index contributed by atoms with van der Waals surface area (Å²) in [4.78, 5) is 0.406. The summed E-state index contributed by atoms with van der Waals surface area (Å²) in [5.41, 5.74) is 2.51. The van der Waals surface area contributed by atoms with Gasteiger partial charge in [-0.3, -0.25) is 0 Å².